The highest BCUT2D eigenvalue weighted by Gasteiger charge is 2.22. The number of aryl methyl sites for hydroxylation is 2. The lowest BCUT2D eigenvalue weighted by Crippen LogP contribution is -2.44. The Kier molecular flexibility index (Phi) is 7.80. The molecule has 1 fully saturated rings. The van der Waals surface area contributed by atoms with E-state index < -0.39 is 0 Å². The maximum atomic E-state index is 13.3. The number of carbonyl (C=O) groups excluding carboxylic acids is 1. The van der Waals surface area contributed by atoms with Gasteiger partial charge in [0.05, 0.1) is 30.0 Å². The van der Waals surface area contributed by atoms with E-state index in [1.54, 1.807) is 16.2 Å². The van der Waals surface area contributed by atoms with E-state index in [2.05, 4.69) is 30.9 Å². The molecule has 0 unspecified atom stereocenters. The van der Waals surface area contributed by atoms with Crippen LogP contribution < -0.4 is 14.4 Å². The predicted octanol–water partition coefficient (Wildman–Crippen LogP) is 4.06. The fourth-order valence-corrected chi connectivity index (χ4v) is 4.79. The minimum absolute atomic E-state index is 0.0505. The Bertz CT molecular complexity index is 1040. The number of aromatic nitrogens is 1. The largest absolute Gasteiger partial charge is 0.494 e. The van der Waals surface area contributed by atoms with Crippen molar-refractivity contribution >= 4 is 32.6 Å². The van der Waals surface area contributed by atoms with Crippen molar-refractivity contribution in [2.24, 2.45) is 0 Å². The number of fused-ring (bicyclic) bond motifs is 1. The van der Waals surface area contributed by atoms with Crippen molar-refractivity contribution in [2.45, 2.75) is 20.8 Å². The minimum Gasteiger partial charge on any atom is -0.494 e. The number of amides is 1. The first-order valence-corrected chi connectivity index (χ1v) is 12.2. The van der Waals surface area contributed by atoms with Gasteiger partial charge in [-0.25, -0.2) is 4.98 Å². The molecule has 0 N–H and O–H groups in total. The van der Waals surface area contributed by atoms with Crippen LogP contribution in [0.4, 0.5) is 5.13 Å². The molecule has 33 heavy (non-hydrogen) atoms. The van der Waals surface area contributed by atoms with E-state index in [9.17, 15) is 4.79 Å². The number of hydrogen-bond donors (Lipinski definition) is 0. The van der Waals surface area contributed by atoms with Crippen LogP contribution in [0.5, 0.6) is 11.5 Å². The summed E-state index contributed by atoms with van der Waals surface area (Å²) in [6.07, 6.45) is 0. The summed E-state index contributed by atoms with van der Waals surface area (Å²) in [4.78, 5) is 22.1. The average molecular weight is 470 g/mol. The van der Waals surface area contributed by atoms with Gasteiger partial charge in [-0.15, -0.1) is 0 Å². The lowest BCUT2D eigenvalue weighted by atomic mass is 10.1. The van der Waals surface area contributed by atoms with Gasteiger partial charge in [0.1, 0.15) is 11.5 Å². The van der Waals surface area contributed by atoms with Crippen LogP contribution in [-0.4, -0.2) is 68.4 Å². The van der Waals surface area contributed by atoms with Crippen LogP contribution in [0.25, 0.3) is 10.2 Å². The highest BCUT2D eigenvalue weighted by Crippen LogP contribution is 2.31. The fraction of sp³-hybridized carbons (Fsp3) is 0.440. The Labute approximate surface area is 198 Å². The van der Waals surface area contributed by atoms with Gasteiger partial charge in [-0.3, -0.25) is 14.6 Å². The number of morpholine rings is 1. The average Bonchev–Trinajstić information content (AvgIpc) is 3.22. The molecule has 0 bridgehead atoms. The van der Waals surface area contributed by atoms with Crippen molar-refractivity contribution < 1.29 is 19.0 Å². The second kappa shape index (κ2) is 11.0. The molecule has 0 saturated carbocycles. The summed E-state index contributed by atoms with van der Waals surface area (Å²) in [6, 6.07) is 11.6. The molecule has 1 aliphatic rings. The summed E-state index contributed by atoms with van der Waals surface area (Å²) in [7, 11) is 0. The standard InChI is InChI=1S/C25H31N3O4S/c1-4-31-20-5-7-21(8-6-20)32-17-24(29)28(10-9-27-11-13-30-14-12-27)25-26-22-15-18(2)19(3)16-23(22)33-25/h5-8,15-16H,4,9-14,17H2,1-3H3. The molecule has 0 radical (unpaired) electrons. The monoisotopic (exact) mass is 469 g/mol. The minimum atomic E-state index is -0.107. The molecule has 3 aromatic rings. The third-order valence-corrected chi connectivity index (χ3v) is 6.81. The third-order valence-electron chi connectivity index (χ3n) is 5.77. The molecule has 2 aromatic carbocycles. The SMILES string of the molecule is CCOc1ccc(OCC(=O)N(CCN2CCOCC2)c2nc3cc(C)c(C)cc3s2)cc1. The van der Waals surface area contributed by atoms with Crippen molar-refractivity contribution in [3.8, 4) is 11.5 Å². The maximum Gasteiger partial charge on any atom is 0.266 e. The van der Waals surface area contributed by atoms with Gasteiger partial charge in [0.2, 0.25) is 0 Å². The lowest BCUT2D eigenvalue weighted by molar-refractivity contribution is -0.120. The number of carbonyl (C=O) groups is 1. The molecule has 4 rings (SSSR count). The Morgan fingerprint density at radius 2 is 1.76 bits per heavy atom. The number of benzene rings is 2. The number of anilines is 1. The van der Waals surface area contributed by atoms with Crippen molar-refractivity contribution in [1.82, 2.24) is 9.88 Å². The Morgan fingerprint density at radius 1 is 1.09 bits per heavy atom. The van der Waals surface area contributed by atoms with Gasteiger partial charge in [0.25, 0.3) is 5.91 Å². The number of thiazole rings is 1. The van der Waals surface area contributed by atoms with E-state index in [0.29, 0.717) is 24.0 Å². The first-order valence-electron chi connectivity index (χ1n) is 11.4. The third kappa shape index (κ3) is 6.01. The molecular weight excluding hydrogens is 438 g/mol. The summed E-state index contributed by atoms with van der Waals surface area (Å²) in [6.45, 7) is 11.2. The van der Waals surface area contributed by atoms with E-state index in [0.717, 1.165) is 48.8 Å². The van der Waals surface area contributed by atoms with E-state index in [1.807, 2.05) is 31.2 Å². The van der Waals surface area contributed by atoms with Gasteiger partial charge in [0.15, 0.2) is 11.7 Å². The van der Waals surface area contributed by atoms with Gasteiger partial charge < -0.3 is 14.2 Å². The molecule has 1 aliphatic heterocycles. The van der Waals surface area contributed by atoms with Crippen molar-refractivity contribution in [3.63, 3.8) is 0 Å². The van der Waals surface area contributed by atoms with Gasteiger partial charge in [-0.05, 0) is 68.3 Å². The van der Waals surface area contributed by atoms with Crippen LogP contribution in [0.2, 0.25) is 0 Å². The highest BCUT2D eigenvalue weighted by molar-refractivity contribution is 7.22. The number of rotatable bonds is 9. The summed E-state index contributed by atoms with van der Waals surface area (Å²) >= 11 is 1.55. The number of nitrogens with zero attached hydrogens (tertiary/aromatic N) is 3. The second-order valence-corrected chi connectivity index (χ2v) is 9.10. The Morgan fingerprint density at radius 3 is 2.45 bits per heavy atom. The van der Waals surface area contributed by atoms with Crippen molar-refractivity contribution in [2.75, 3.05) is 57.5 Å². The molecule has 0 atom stereocenters. The zero-order chi connectivity index (χ0) is 23.2. The molecule has 1 saturated heterocycles. The van der Waals surface area contributed by atoms with E-state index in [-0.39, 0.29) is 12.5 Å². The molecule has 176 valence electrons. The van der Waals surface area contributed by atoms with Crippen LogP contribution in [0.3, 0.4) is 0 Å². The first kappa shape index (κ1) is 23.5. The van der Waals surface area contributed by atoms with Gasteiger partial charge in [-0.1, -0.05) is 11.3 Å². The summed E-state index contributed by atoms with van der Waals surface area (Å²) in [5.74, 6) is 1.31. The lowest BCUT2D eigenvalue weighted by Gasteiger charge is -2.29. The number of ether oxygens (including phenoxy) is 3. The Hall–Kier alpha value is -2.68. The zero-order valence-electron chi connectivity index (χ0n) is 19.5. The quantitative estimate of drug-likeness (QED) is 0.471. The van der Waals surface area contributed by atoms with Crippen LogP contribution >= 0.6 is 11.3 Å². The molecule has 0 aliphatic carbocycles. The molecule has 7 nitrogen and oxygen atoms in total. The van der Waals surface area contributed by atoms with Crippen LogP contribution in [0, 0.1) is 13.8 Å². The predicted molar refractivity (Wildman–Crippen MR) is 132 cm³/mol. The normalized spacial score (nSPS) is 14.4. The molecule has 1 amide bonds. The van der Waals surface area contributed by atoms with Crippen molar-refractivity contribution in [3.05, 3.63) is 47.5 Å². The molecule has 0 spiro atoms. The molecule has 8 heteroatoms. The van der Waals surface area contributed by atoms with Gasteiger partial charge in [0, 0.05) is 26.2 Å². The number of hydrogen-bond acceptors (Lipinski definition) is 7. The fourth-order valence-electron chi connectivity index (χ4n) is 3.70. The van der Waals surface area contributed by atoms with Crippen molar-refractivity contribution in [1.29, 1.82) is 0 Å². The first-order chi connectivity index (χ1) is 16.0. The topological polar surface area (TPSA) is 64.1 Å². The summed E-state index contributed by atoms with van der Waals surface area (Å²) in [5.41, 5.74) is 3.35. The molecule has 1 aromatic heterocycles. The Balaban J connectivity index is 1.49. The second-order valence-electron chi connectivity index (χ2n) is 8.09. The highest BCUT2D eigenvalue weighted by atomic mass is 32.1. The zero-order valence-corrected chi connectivity index (χ0v) is 20.3. The van der Waals surface area contributed by atoms with Crippen LogP contribution in [0.1, 0.15) is 18.1 Å². The maximum absolute atomic E-state index is 13.3. The van der Waals surface area contributed by atoms with Crippen LogP contribution in [-0.2, 0) is 9.53 Å². The van der Waals surface area contributed by atoms with Crippen LogP contribution in [0.15, 0.2) is 36.4 Å². The van der Waals surface area contributed by atoms with Gasteiger partial charge in [-0.2, -0.15) is 0 Å². The summed E-state index contributed by atoms with van der Waals surface area (Å²) < 4.78 is 17.8. The molecular formula is C25H31N3O4S. The van der Waals surface area contributed by atoms with E-state index in [1.165, 1.54) is 11.1 Å². The van der Waals surface area contributed by atoms with E-state index >= 15 is 0 Å². The smallest absolute Gasteiger partial charge is 0.266 e. The summed E-state index contributed by atoms with van der Waals surface area (Å²) in [5, 5.41) is 0.712. The molecule has 2 heterocycles. The van der Waals surface area contributed by atoms with Gasteiger partial charge >= 0.3 is 0 Å². The van der Waals surface area contributed by atoms with E-state index in [4.69, 9.17) is 19.2 Å².